The second-order valence-electron chi connectivity index (χ2n) is 5.12. The Morgan fingerprint density at radius 3 is 2.86 bits per heavy atom. The Balaban J connectivity index is 2.59. The van der Waals surface area contributed by atoms with Gasteiger partial charge in [-0.1, -0.05) is 24.6 Å². The first-order chi connectivity index (χ1) is 10.1. The average molecular weight is 294 g/mol. The van der Waals surface area contributed by atoms with Crippen LogP contribution in [0.4, 0.5) is 0 Å². The van der Waals surface area contributed by atoms with E-state index >= 15 is 0 Å². The molecule has 5 heteroatoms. The average Bonchev–Trinajstić information content (AvgIpc) is 2.46. The summed E-state index contributed by atoms with van der Waals surface area (Å²) >= 11 is 0. The Hall–Kier alpha value is -1.59. The van der Waals surface area contributed by atoms with Gasteiger partial charge < -0.3 is 20.5 Å². The number of methoxy groups -OCH3 is 1. The van der Waals surface area contributed by atoms with Gasteiger partial charge in [0.2, 0.25) is 0 Å². The fraction of sp³-hybridized carbons (Fsp3) is 0.562. The number of nitrogens with one attached hydrogen (secondary N) is 1. The van der Waals surface area contributed by atoms with Gasteiger partial charge in [0.25, 0.3) is 5.91 Å². The Labute approximate surface area is 126 Å². The normalized spacial score (nSPS) is 12.0. The van der Waals surface area contributed by atoms with Crippen LogP contribution in [0.3, 0.4) is 0 Å². The van der Waals surface area contributed by atoms with Gasteiger partial charge in [0.15, 0.2) is 6.61 Å². The molecule has 1 rings (SSSR count). The van der Waals surface area contributed by atoms with E-state index in [9.17, 15) is 4.79 Å². The largest absolute Gasteiger partial charge is 0.483 e. The van der Waals surface area contributed by atoms with E-state index in [1.165, 1.54) is 0 Å². The van der Waals surface area contributed by atoms with Gasteiger partial charge in [0.05, 0.1) is 6.61 Å². The van der Waals surface area contributed by atoms with Gasteiger partial charge in [-0.05, 0) is 31.4 Å². The summed E-state index contributed by atoms with van der Waals surface area (Å²) in [5.41, 5.74) is 8.22. The summed E-state index contributed by atoms with van der Waals surface area (Å²) in [6, 6.07) is 6.03. The second kappa shape index (κ2) is 9.37. The Kier molecular flexibility index (Phi) is 7.79. The molecular formula is C16H26N2O3. The first-order valence-electron chi connectivity index (χ1n) is 7.30. The minimum atomic E-state index is -0.154. The van der Waals surface area contributed by atoms with Crippen molar-refractivity contribution in [1.29, 1.82) is 0 Å². The lowest BCUT2D eigenvalue weighted by Gasteiger charge is -2.15. The van der Waals surface area contributed by atoms with Crippen molar-refractivity contribution in [2.45, 2.75) is 32.7 Å². The first kappa shape index (κ1) is 17.5. The molecule has 0 aliphatic rings. The van der Waals surface area contributed by atoms with E-state index in [0.717, 1.165) is 29.7 Å². The summed E-state index contributed by atoms with van der Waals surface area (Å²) in [4.78, 5) is 11.6. The summed E-state index contributed by atoms with van der Waals surface area (Å²) in [7, 11) is 1.60. The molecule has 3 N–H and O–H groups in total. The maximum Gasteiger partial charge on any atom is 0.258 e. The molecule has 118 valence electrons. The number of ether oxygens (including phenoxy) is 2. The molecule has 1 aromatic carbocycles. The van der Waals surface area contributed by atoms with Crippen LogP contribution in [0.5, 0.6) is 5.75 Å². The number of nitrogens with two attached hydrogens (primary N) is 1. The van der Waals surface area contributed by atoms with Gasteiger partial charge >= 0.3 is 0 Å². The molecular weight excluding hydrogens is 268 g/mol. The molecule has 0 aliphatic carbocycles. The van der Waals surface area contributed by atoms with E-state index in [1.54, 1.807) is 7.11 Å². The number of rotatable bonds is 9. The van der Waals surface area contributed by atoms with E-state index in [-0.39, 0.29) is 18.6 Å². The first-order valence-corrected chi connectivity index (χ1v) is 7.30. The fourth-order valence-corrected chi connectivity index (χ4v) is 1.92. The van der Waals surface area contributed by atoms with Gasteiger partial charge in [-0.25, -0.2) is 0 Å². The quantitative estimate of drug-likeness (QED) is 0.676. The number of carbonyl (C=O) groups excluding carboxylic acids is 1. The lowest BCUT2D eigenvalue weighted by molar-refractivity contribution is -0.123. The molecule has 0 bridgehead atoms. The highest BCUT2D eigenvalue weighted by molar-refractivity contribution is 5.77. The molecule has 1 unspecified atom stereocenters. The van der Waals surface area contributed by atoms with Crippen LogP contribution in [0.2, 0.25) is 0 Å². The number of carbonyl (C=O) groups is 1. The van der Waals surface area contributed by atoms with Crippen molar-refractivity contribution in [3.63, 3.8) is 0 Å². The molecule has 1 atom stereocenters. The van der Waals surface area contributed by atoms with Crippen molar-refractivity contribution in [3.8, 4) is 5.75 Å². The second-order valence-corrected chi connectivity index (χ2v) is 5.12. The van der Waals surface area contributed by atoms with Crippen LogP contribution in [0, 0.1) is 6.92 Å². The molecule has 0 saturated carbocycles. The lowest BCUT2D eigenvalue weighted by atomic mass is 10.0. The Morgan fingerprint density at radius 1 is 1.43 bits per heavy atom. The molecule has 21 heavy (non-hydrogen) atoms. The third kappa shape index (κ3) is 6.60. The van der Waals surface area contributed by atoms with Crippen LogP contribution in [0.25, 0.3) is 0 Å². The van der Waals surface area contributed by atoms with Gasteiger partial charge in [0, 0.05) is 19.7 Å². The van der Waals surface area contributed by atoms with Crippen molar-refractivity contribution < 1.29 is 14.3 Å². The highest BCUT2D eigenvalue weighted by Gasteiger charge is 2.10. The van der Waals surface area contributed by atoms with Crippen LogP contribution in [0.15, 0.2) is 18.2 Å². The van der Waals surface area contributed by atoms with E-state index < -0.39 is 0 Å². The molecule has 0 fully saturated rings. The molecule has 0 heterocycles. The number of amides is 1. The molecule has 0 saturated heterocycles. The maximum atomic E-state index is 11.6. The zero-order valence-electron chi connectivity index (χ0n) is 13.1. The van der Waals surface area contributed by atoms with Gasteiger partial charge in [-0.3, -0.25) is 4.79 Å². The Bertz CT molecular complexity index is 449. The minimum Gasteiger partial charge on any atom is -0.483 e. The molecule has 0 aromatic heterocycles. The highest BCUT2D eigenvalue weighted by Crippen LogP contribution is 2.21. The van der Waals surface area contributed by atoms with Crippen LogP contribution >= 0.6 is 0 Å². The number of benzene rings is 1. The van der Waals surface area contributed by atoms with Crippen molar-refractivity contribution >= 4 is 5.91 Å². The molecule has 5 nitrogen and oxygen atoms in total. The molecule has 0 aliphatic heterocycles. The standard InChI is InChI=1S/C16H26N2O3/c1-4-14(17)10-13-9-12(2)5-6-15(13)21-11-16(19)18-7-8-20-3/h5-6,9,14H,4,7-8,10-11,17H2,1-3H3,(H,18,19). The summed E-state index contributed by atoms with van der Waals surface area (Å²) in [6.07, 6.45) is 1.66. The zero-order valence-corrected chi connectivity index (χ0v) is 13.1. The zero-order chi connectivity index (χ0) is 15.7. The maximum absolute atomic E-state index is 11.6. The smallest absolute Gasteiger partial charge is 0.258 e. The predicted octanol–water partition coefficient (Wildman–Crippen LogP) is 1.42. The summed E-state index contributed by atoms with van der Waals surface area (Å²) < 4.78 is 10.5. The fourth-order valence-electron chi connectivity index (χ4n) is 1.92. The van der Waals surface area contributed by atoms with Crippen molar-refractivity contribution in [2.75, 3.05) is 26.9 Å². The van der Waals surface area contributed by atoms with Crippen LogP contribution < -0.4 is 15.8 Å². The van der Waals surface area contributed by atoms with E-state index in [4.69, 9.17) is 15.2 Å². The van der Waals surface area contributed by atoms with Crippen LogP contribution in [-0.2, 0) is 16.0 Å². The van der Waals surface area contributed by atoms with Gasteiger partial charge in [-0.2, -0.15) is 0 Å². The molecule has 1 amide bonds. The number of hydrogen-bond acceptors (Lipinski definition) is 4. The number of hydrogen-bond donors (Lipinski definition) is 2. The third-order valence-corrected chi connectivity index (χ3v) is 3.21. The van der Waals surface area contributed by atoms with Crippen molar-refractivity contribution in [1.82, 2.24) is 5.32 Å². The lowest BCUT2D eigenvalue weighted by Crippen LogP contribution is -2.31. The molecule has 1 aromatic rings. The summed E-state index contributed by atoms with van der Waals surface area (Å²) in [5.74, 6) is 0.574. The summed E-state index contributed by atoms with van der Waals surface area (Å²) in [5, 5.41) is 2.72. The SMILES string of the molecule is CCC(N)Cc1cc(C)ccc1OCC(=O)NCCOC. The van der Waals surface area contributed by atoms with Gasteiger partial charge in [-0.15, -0.1) is 0 Å². The topological polar surface area (TPSA) is 73.6 Å². The third-order valence-electron chi connectivity index (χ3n) is 3.21. The monoisotopic (exact) mass is 294 g/mol. The Morgan fingerprint density at radius 2 is 2.19 bits per heavy atom. The van der Waals surface area contributed by atoms with Crippen molar-refractivity contribution in [2.24, 2.45) is 5.73 Å². The van der Waals surface area contributed by atoms with E-state index in [1.807, 2.05) is 19.1 Å². The highest BCUT2D eigenvalue weighted by atomic mass is 16.5. The molecule has 0 radical (unpaired) electrons. The van der Waals surface area contributed by atoms with E-state index in [2.05, 4.69) is 18.3 Å². The van der Waals surface area contributed by atoms with Crippen LogP contribution in [0.1, 0.15) is 24.5 Å². The molecule has 0 spiro atoms. The van der Waals surface area contributed by atoms with E-state index in [0.29, 0.717) is 13.2 Å². The minimum absolute atomic E-state index is 0.00113. The number of aryl methyl sites for hydroxylation is 1. The van der Waals surface area contributed by atoms with Crippen LogP contribution in [-0.4, -0.2) is 38.8 Å². The van der Waals surface area contributed by atoms with Crippen molar-refractivity contribution in [3.05, 3.63) is 29.3 Å². The van der Waals surface area contributed by atoms with Gasteiger partial charge in [0.1, 0.15) is 5.75 Å². The summed E-state index contributed by atoms with van der Waals surface area (Å²) in [6.45, 7) is 5.07. The predicted molar refractivity (Wildman–Crippen MR) is 83.5 cm³/mol.